The first-order chi connectivity index (χ1) is 14.0. The van der Waals surface area contributed by atoms with Crippen LogP contribution in [-0.2, 0) is 0 Å². The van der Waals surface area contributed by atoms with Crippen molar-refractivity contribution in [2.45, 2.75) is 58.3 Å². The Balaban J connectivity index is 1.65. The van der Waals surface area contributed by atoms with Crippen LogP contribution in [-0.4, -0.2) is 6.61 Å². The van der Waals surface area contributed by atoms with Crippen molar-refractivity contribution in [3.05, 3.63) is 53.4 Å². The summed E-state index contributed by atoms with van der Waals surface area (Å²) in [4.78, 5) is 0. The van der Waals surface area contributed by atoms with Crippen molar-refractivity contribution in [2.75, 3.05) is 6.61 Å². The first-order valence-corrected chi connectivity index (χ1v) is 10.8. The molecule has 0 amide bonds. The molecule has 2 saturated carbocycles. The highest BCUT2D eigenvalue weighted by atomic mass is 19.1. The van der Waals surface area contributed by atoms with E-state index in [1.807, 2.05) is 13.0 Å². The molecule has 2 fully saturated rings. The van der Waals surface area contributed by atoms with Gasteiger partial charge in [0.15, 0.2) is 0 Å². The van der Waals surface area contributed by atoms with E-state index in [1.54, 1.807) is 6.08 Å². The third-order valence-electron chi connectivity index (χ3n) is 6.96. The van der Waals surface area contributed by atoms with Crippen molar-refractivity contribution in [3.63, 3.8) is 0 Å². The van der Waals surface area contributed by atoms with Crippen LogP contribution in [0.15, 0.2) is 30.4 Å². The summed E-state index contributed by atoms with van der Waals surface area (Å²) >= 11 is 0. The lowest BCUT2D eigenvalue weighted by Gasteiger charge is -2.41. The van der Waals surface area contributed by atoms with Gasteiger partial charge in [0.2, 0.25) is 0 Å². The van der Waals surface area contributed by atoms with Gasteiger partial charge in [0, 0.05) is 11.6 Å². The van der Waals surface area contributed by atoms with Gasteiger partial charge >= 0.3 is 0 Å². The van der Waals surface area contributed by atoms with Gasteiger partial charge in [0.1, 0.15) is 29.8 Å². The molecule has 4 atom stereocenters. The summed E-state index contributed by atoms with van der Waals surface area (Å²) in [6, 6.07) is 3.97. The summed E-state index contributed by atoms with van der Waals surface area (Å²) in [5, 5.41) is 0.0820. The average Bonchev–Trinajstić information content (AvgIpc) is 2.67. The van der Waals surface area contributed by atoms with Crippen molar-refractivity contribution in [2.24, 2.45) is 17.8 Å². The lowest BCUT2D eigenvalue weighted by Crippen LogP contribution is -2.30. The molecule has 0 radical (unpaired) electrons. The second-order valence-corrected chi connectivity index (χ2v) is 8.92. The standard InChI is InChI=1S/C25H29F3O/c1-3-4-9-29-20-12-19-13-21(26)23(25(28)24(19)22(27)14-20)18-8-7-16-10-15(2)5-6-17(16)11-18/h3-4,12-18H,5-11H2,1-2H3/b4-3+. The third kappa shape index (κ3) is 4.04. The minimum Gasteiger partial charge on any atom is -0.489 e. The molecular formula is C25H29F3O. The predicted molar refractivity (Wildman–Crippen MR) is 111 cm³/mol. The minimum atomic E-state index is -0.731. The average molecular weight is 403 g/mol. The Labute approximate surface area is 170 Å². The molecule has 0 aromatic heterocycles. The molecular weight excluding hydrogens is 373 g/mol. The van der Waals surface area contributed by atoms with Crippen molar-refractivity contribution >= 4 is 10.8 Å². The Morgan fingerprint density at radius 2 is 1.72 bits per heavy atom. The lowest BCUT2D eigenvalue weighted by molar-refractivity contribution is 0.123. The fraction of sp³-hybridized carbons (Fsp3) is 0.520. The number of ether oxygens (including phenoxy) is 1. The molecule has 2 aromatic carbocycles. The van der Waals surface area contributed by atoms with Crippen molar-refractivity contribution in [3.8, 4) is 5.75 Å². The summed E-state index contributed by atoms with van der Waals surface area (Å²) < 4.78 is 50.6. The van der Waals surface area contributed by atoms with Gasteiger partial charge in [0.05, 0.1) is 5.39 Å². The van der Waals surface area contributed by atoms with E-state index in [0.29, 0.717) is 11.8 Å². The lowest BCUT2D eigenvalue weighted by atomic mass is 9.64. The third-order valence-corrected chi connectivity index (χ3v) is 6.96. The molecule has 2 aliphatic carbocycles. The molecule has 4 rings (SSSR count). The molecule has 2 aromatic rings. The Hall–Kier alpha value is -1.97. The zero-order chi connectivity index (χ0) is 20.5. The fourth-order valence-electron chi connectivity index (χ4n) is 5.49. The van der Waals surface area contributed by atoms with E-state index in [9.17, 15) is 4.39 Å². The SMILES string of the molecule is C/C=C/COc1cc(F)c2c(F)c(C3CCC4CC(C)CCC4C3)c(F)cc2c1. The Bertz CT molecular complexity index is 920. The zero-order valence-corrected chi connectivity index (χ0v) is 17.2. The molecule has 0 heterocycles. The van der Waals surface area contributed by atoms with Gasteiger partial charge in [-0.15, -0.1) is 0 Å². The molecule has 156 valence electrons. The number of hydrogen-bond acceptors (Lipinski definition) is 1. The van der Waals surface area contributed by atoms with Gasteiger partial charge in [0.25, 0.3) is 0 Å². The zero-order valence-electron chi connectivity index (χ0n) is 17.2. The summed E-state index contributed by atoms with van der Waals surface area (Å²) in [6.07, 6.45) is 9.77. The Morgan fingerprint density at radius 3 is 2.52 bits per heavy atom. The van der Waals surface area contributed by atoms with Crippen molar-refractivity contribution in [1.82, 2.24) is 0 Å². The van der Waals surface area contributed by atoms with Crippen LogP contribution in [0.2, 0.25) is 0 Å². The van der Waals surface area contributed by atoms with Gasteiger partial charge < -0.3 is 4.74 Å². The smallest absolute Gasteiger partial charge is 0.140 e. The predicted octanol–water partition coefficient (Wildman–Crippen LogP) is 7.53. The number of allylic oxidation sites excluding steroid dienone is 1. The molecule has 0 bridgehead atoms. The maximum absolute atomic E-state index is 15.4. The van der Waals surface area contributed by atoms with Crippen molar-refractivity contribution in [1.29, 1.82) is 0 Å². The van der Waals surface area contributed by atoms with E-state index in [4.69, 9.17) is 4.74 Å². The van der Waals surface area contributed by atoms with Crippen LogP contribution >= 0.6 is 0 Å². The minimum absolute atomic E-state index is 0.0797. The Kier molecular flexibility index (Phi) is 5.89. The number of rotatable bonds is 4. The number of fused-ring (bicyclic) bond motifs is 2. The number of benzene rings is 2. The number of hydrogen-bond donors (Lipinski definition) is 0. The molecule has 1 nitrogen and oxygen atoms in total. The summed E-state index contributed by atoms with van der Waals surface area (Å²) in [7, 11) is 0. The monoisotopic (exact) mass is 402 g/mol. The van der Waals surface area contributed by atoms with E-state index in [1.165, 1.54) is 31.0 Å². The van der Waals surface area contributed by atoms with Gasteiger partial charge in [-0.3, -0.25) is 0 Å². The maximum Gasteiger partial charge on any atom is 0.140 e. The maximum atomic E-state index is 15.4. The highest BCUT2D eigenvalue weighted by molar-refractivity contribution is 5.86. The normalized spacial score (nSPS) is 27.3. The second-order valence-electron chi connectivity index (χ2n) is 8.92. The van der Waals surface area contributed by atoms with E-state index in [-0.39, 0.29) is 34.6 Å². The quantitative estimate of drug-likeness (QED) is 0.480. The summed E-state index contributed by atoms with van der Waals surface area (Å²) in [6.45, 7) is 4.44. The highest BCUT2D eigenvalue weighted by Gasteiger charge is 2.37. The molecule has 4 unspecified atom stereocenters. The van der Waals surface area contributed by atoms with Crippen LogP contribution in [0.3, 0.4) is 0 Å². The molecule has 2 aliphatic rings. The van der Waals surface area contributed by atoms with Gasteiger partial charge in [-0.2, -0.15) is 0 Å². The molecule has 29 heavy (non-hydrogen) atoms. The van der Waals surface area contributed by atoms with Crippen LogP contribution in [0.5, 0.6) is 5.75 Å². The van der Waals surface area contributed by atoms with Crippen LogP contribution in [0.4, 0.5) is 13.2 Å². The summed E-state index contributed by atoms with van der Waals surface area (Å²) in [5.41, 5.74) is 0.0797. The van der Waals surface area contributed by atoms with Crippen LogP contribution in [0.25, 0.3) is 10.8 Å². The highest BCUT2D eigenvalue weighted by Crippen LogP contribution is 2.49. The van der Waals surface area contributed by atoms with Gasteiger partial charge in [-0.05, 0) is 80.2 Å². The van der Waals surface area contributed by atoms with Crippen LogP contribution in [0.1, 0.15) is 63.9 Å². The summed E-state index contributed by atoms with van der Waals surface area (Å²) in [5.74, 6) is 0.0763. The fourth-order valence-corrected chi connectivity index (χ4v) is 5.49. The number of halogens is 3. The van der Waals surface area contributed by atoms with Gasteiger partial charge in [-0.25, -0.2) is 13.2 Å². The molecule has 0 aliphatic heterocycles. The largest absolute Gasteiger partial charge is 0.489 e. The molecule has 0 N–H and O–H groups in total. The van der Waals surface area contributed by atoms with E-state index < -0.39 is 17.5 Å². The van der Waals surface area contributed by atoms with E-state index in [2.05, 4.69) is 6.92 Å². The molecule has 0 saturated heterocycles. The molecule has 0 spiro atoms. The van der Waals surface area contributed by atoms with Crippen LogP contribution in [0, 0.1) is 35.2 Å². The first kappa shape index (κ1) is 20.3. The topological polar surface area (TPSA) is 9.23 Å². The second kappa shape index (κ2) is 8.41. The molecule has 4 heteroatoms. The van der Waals surface area contributed by atoms with Crippen molar-refractivity contribution < 1.29 is 17.9 Å². The van der Waals surface area contributed by atoms with E-state index >= 15 is 8.78 Å². The van der Waals surface area contributed by atoms with Gasteiger partial charge in [-0.1, -0.05) is 25.5 Å². The first-order valence-electron chi connectivity index (χ1n) is 10.8. The van der Waals surface area contributed by atoms with Crippen LogP contribution < -0.4 is 4.74 Å². The van der Waals surface area contributed by atoms with E-state index in [0.717, 1.165) is 31.6 Å². The Morgan fingerprint density at radius 1 is 0.966 bits per heavy atom.